The second kappa shape index (κ2) is 2.19. The molecule has 1 atom stereocenters. The molecule has 0 amide bonds. The molecule has 0 aromatic heterocycles. The summed E-state index contributed by atoms with van der Waals surface area (Å²) in [5.74, 6) is -0.413. The summed E-state index contributed by atoms with van der Waals surface area (Å²) in [6.45, 7) is 7.12. The molecule has 0 aromatic carbocycles. The lowest BCUT2D eigenvalue weighted by Crippen LogP contribution is -2.50. The zero-order valence-electron chi connectivity index (χ0n) is 5.71. The molecule has 0 N–H and O–H groups in total. The van der Waals surface area contributed by atoms with Gasteiger partial charge in [0.05, 0.1) is 12.7 Å². The lowest BCUT2D eigenvalue weighted by atomic mass is 10.2. The van der Waals surface area contributed by atoms with Gasteiger partial charge in [-0.25, -0.2) is 0 Å². The largest absolute Gasteiger partial charge is 0.370 e. The summed E-state index contributed by atoms with van der Waals surface area (Å²) in [4.78, 5) is 0. The predicted molar refractivity (Wildman–Crippen MR) is 33.3 cm³/mol. The monoisotopic (exact) mass is 142 g/mol. The van der Waals surface area contributed by atoms with Crippen molar-refractivity contribution in [2.75, 3.05) is 19.8 Å². The Bertz CT molecular complexity index is 131. The van der Waals surface area contributed by atoms with Crippen LogP contribution in [0.25, 0.3) is 0 Å². The first kappa shape index (κ1) is 6.58. The van der Waals surface area contributed by atoms with Gasteiger partial charge in [-0.1, -0.05) is 0 Å². The van der Waals surface area contributed by atoms with Crippen molar-refractivity contribution in [1.82, 2.24) is 0 Å². The Balaban J connectivity index is 1.92. The van der Waals surface area contributed by atoms with E-state index in [0.717, 1.165) is 0 Å². The fourth-order valence-corrected chi connectivity index (χ4v) is 1.15. The molecule has 2 fully saturated rings. The van der Waals surface area contributed by atoms with E-state index < -0.39 is 5.79 Å². The fraction of sp³-hybridized carbons (Fsp3) is 0.857. The molecule has 0 aromatic rings. The highest BCUT2D eigenvalue weighted by atomic mass is 16.8. The summed E-state index contributed by atoms with van der Waals surface area (Å²) in [5, 5.41) is 0. The molecular weight excluding hydrogens is 132 g/mol. The van der Waals surface area contributed by atoms with Gasteiger partial charge in [0, 0.05) is 0 Å². The summed E-state index contributed by atoms with van der Waals surface area (Å²) in [5.41, 5.74) is 0. The van der Waals surface area contributed by atoms with Crippen molar-refractivity contribution >= 4 is 0 Å². The lowest BCUT2D eigenvalue weighted by molar-refractivity contribution is -0.297. The zero-order chi connectivity index (χ0) is 7.03. The topological polar surface area (TPSA) is 27.7 Å². The molecular formula is C7H10O3. The summed E-state index contributed by atoms with van der Waals surface area (Å²) in [6, 6.07) is 0. The van der Waals surface area contributed by atoms with Crippen LogP contribution in [0, 0.1) is 6.92 Å². The summed E-state index contributed by atoms with van der Waals surface area (Å²) >= 11 is 0. The molecule has 56 valence electrons. The number of hydrogen-bond donors (Lipinski definition) is 0. The average Bonchev–Trinajstić information content (AvgIpc) is 2.29. The Kier molecular flexibility index (Phi) is 1.44. The van der Waals surface area contributed by atoms with Crippen LogP contribution in [-0.4, -0.2) is 31.7 Å². The van der Waals surface area contributed by atoms with Crippen LogP contribution in [0.4, 0.5) is 0 Å². The third-order valence-electron chi connectivity index (χ3n) is 1.82. The van der Waals surface area contributed by atoms with Crippen LogP contribution >= 0.6 is 0 Å². The van der Waals surface area contributed by atoms with Gasteiger partial charge in [0.2, 0.25) is 5.79 Å². The molecule has 2 aliphatic rings. The maximum atomic E-state index is 5.46. The van der Waals surface area contributed by atoms with Crippen LogP contribution in [0.1, 0.15) is 6.42 Å². The van der Waals surface area contributed by atoms with Crippen LogP contribution in [0.15, 0.2) is 0 Å². The van der Waals surface area contributed by atoms with Crippen molar-refractivity contribution in [3.05, 3.63) is 6.92 Å². The molecule has 0 bridgehead atoms. The average molecular weight is 142 g/mol. The van der Waals surface area contributed by atoms with E-state index in [1.165, 1.54) is 0 Å². The van der Waals surface area contributed by atoms with Gasteiger partial charge in [-0.3, -0.25) is 0 Å². The van der Waals surface area contributed by atoms with Crippen molar-refractivity contribution in [1.29, 1.82) is 0 Å². The minimum absolute atomic E-state index is 0.0731. The predicted octanol–water partition coefficient (Wildman–Crippen LogP) is 0.229. The normalized spacial score (nSPS) is 36.3. The summed E-state index contributed by atoms with van der Waals surface area (Å²) < 4.78 is 15.8. The smallest absolute Gasteiger partial charge is 0.216 e. The van der Waals surface area contributed by atoms with E-state index in [-0.39, 0.29) is 6.10 Å². The van der Waals surface area contributed by atoms with Gasteiger partial charge in [-0.2, -0.15) is 0 Å². The minimum Gasteiger partial charge on any atom is -0.370 e. The Labute approximate surface area is 60.3 Å². The van der Waals surface area contributed by atoms with E-state index in [1.807, 2.05) is 0 Å². The third-order valence-corrected chi connectivity index (χ3v) is 1.82. The fourth-order valence-electron chi connectivity index (χ4n) is 1.15. The molecule has 0 aliphatic carbocycles. The lowest BCUT2D eigenvalue weighted by Gasteiger charge is -2.35. The molecule has 0 saturated carbocycles. The van der Waals surface area contributed by atoms with Gasteiger partial charge >= 0.3 is 0 Å². The first-order valence-corrected chi connectivity index (χ1v) is 3.44. The van der Waals surface area contributed by atoms with E-state index in [0.29, 0.717) is 26.2 Å². The highest BCUT2D eigenvalue weighted by molar-refractivity contribution is 4.84. The van der Waals surface area contributed by atoms with Crippen molar-refractivity contribution in [2.24, 2.45) is 0 Å². The molecule has 1 unspecified atom stereocenters. The maximum Gasteiger partial charge on any atom is 0.216 e. The Morgan fingerprint density at radius 2 is 2.30 bits per heavy atom. The second-order valence-electron chi connectivity index (χ2n) is 2.69. The summed E-state index contributed by atoms with van der Waals surface area (Å²) in [7, 11) is 0. The molecule has 3 nitrogen and oxygen atoms in total. The van der Waals surface area contributed by atoms with Crippen LogP contribution < -0.4 is 0 Å². The van der Waals surface area contributed by atoms with Gasteiger partial charge in [0.15, 0.2) is 0 Å². The number of ether oxygens (including phenoxy) is 3. The first-order chi connectivity index (χ1) is 4.85. The minimum atomic E-state index is -0.413. The molecule has 2 radical (unpaired) electrons. The quantitative estimate of drug-likeness (QED) is 0.524. The molecule has 2 aliphatic heterocycles. The van der Waals surface area contributed by atoms with E-state index in [4.69, 9.17) is 21.1 Å². The first-order valence-electron chi connectivity index (χ1n) is 3.44. The van der Waals surface area contributed by atoms with E-state index >= 15 is 0 Å². The maximum absolute atomic E-state index is 5.46. The van der Waals surface area contributed by atoms with Crippen LogP contribution in [0.3, 0.4) is 0 Å². The van der Waals surface area contributed by atoms with Gasteiger partial charge in [-0.05, 0) is 13.3 Å². The van der Waals surface area contributed by atoms with Crippen LogP contribution in [-0.2, 0) is 14.2 Å². The number of rotatable bonds is 1. The van der Waals surface area contributed by atoms with E-state index in [1.54, 1.807) is 0 Å². The molecule has 1 spiro atoms. The SMILES string of the molecule is [CH]CC1COC2(COC2)O1. The van der Waals surface area contributed by atoms with Crippen molar-refractivity contribution < 1.29 is 14.2 Å². The molecule has 2 saturated heterocycles. The standard InChI is InChI=1S/C7H10O3/c1-2-6-3-9-7(10-6)4-8-5-7/h1,6H,2-5H2. The van der Waals surface area contributed by atoms with E-state index in [2.05, 4.69) is 0 Å². The highest BCUT2D eigenvalue weighted by Gasteiger charge is 2.47. The van der Waals surface area contributed by atoms with E-state index in [9.17, 15) is 0 Å². The molecule has 2 rings (SSSR count). The molecule has 2 heterocycles. The summed E-state index contributed by atoms with van der Waals surface area (Å²) in [6.07, 6.45) is 0.603. The molecule has 10 heavy (non-hydrogen) atoms. The van der Waals surface area contributed by atoms with Gasteiger partial charge in [0.1, 0.15) is 13.2 Å². The third kappa shape index (κ3) is 0.856. The van der Waals surface area contributed by atoms with Crippen molar-refractivity contribution in [3.8, 4) is 0 Å². The Morgan fingerprint density at radius 1 is 1.50 bits per heavy atom. The van der Waals surface area contributed by atoms with Crippen LogP contribution in [0.2, 0.25) is 0 Å². The van der Waals surface area contributed by atoms with Gasteiger partial charge in [-0.15, -0.1) is 0 Å². The van der Waals surface area contributed by atoms with Crippen molar-refractivity contribution in [3.63, 3.8) is 0 Å². The second-order valence-corrected chi connectivity index (χ2v) is 2.69. The van der Waals surface area contributed by atoms with Gasteiger partial charge < -0.3 is 14.2 Å². The highest BCUT2D eigenvalue weighted by Crippen LogP contribution is 2.31. The molecule has 3 heteroatoms. The van der Waals surface area contributed by atoms with Gasteiger partial charge in [0.25, 0.3) is 0 Å². The zero-order valence-corrected chi connectivity index (χ0v) is 5.71. The Morgan fingerprint density at radius 3 is 2.60 bits per heavy atom. The van der Waals surface area contributed by atoms with Crippen LogP contribution in [0.5, 0.6) is 0 Å². The Hall–Kier alpha value is -0.120. The van der Waals surface area contributed by atoms with Crippen molar-refractivity contribution in [2.45, 2.75) is 18.3 Å². The number of hydrogen-bond acceptors (Lipinski definition) is 3.